The Bertz CT molecular complexity index is 329. The van der Waals surface area contributed by atoms with Gasteiger partial charge in [-0.1, -0.05) is 19.8 Å². The highest BCUT2D eigenvalue weighted by molar-refractivity contribution is 5.85. The number of carbonyl (C=O) groups excluding carboxylic acids is 1. The molecule has 0 heterocycles. The van der Waals surface area contributed by atoms with Gasteiger partial charge in [0.05, 0.1) is 11.8 Å². The Morgan fingerprint density at radius 1 is 1.06 bits per heavy atom. The van der Waals surface area contributed by atoms with Crippen molar-refractivity contribution in [2.45, 2.75) is 57.9 Å². The van der Waals surface area contributed by atoms with E-state index in [2.05, 4.69) is 12.2 Å². The van der Waals surface area contributed by atoms with Crippen molar-refractivity contribution in [1.82, 2.24) is 5.32 Å². The largest absolute Gasteiger partial charge is 0.481 e. The average molecular weight is 253 g/mol. The van der Waals surface area contributed by atoms with Crippen LogP contribution in [0.1, 0.15) is 51.9 Å². The minimum absolute atomic E-state index is 0.0267. The molecule has 2 N–H and O–H groups in total. The molecule has 4 atom stereocenters. The van der Waals surface area contributed by atoms with Gasteiger partial charge in [0.25, 0.3) is 0 Å². The molecule has 2 saturated carbocycles. The number of hydrogen-bond donors (Lipinski definition) is 2. The molecule has 2 unspecified atom stereocenters. The van der Waals surface area contributed by atoms with Gasteiger partial charge in [0.2, 0.25) is 5.91 Å². The Labute approximate surface area is 108 Å². The molecule has 4 nitrogen and oxygen atoms in total. The molecule has 2 aliphatic carbocycles. The van der Waals surface area contributed by atoms with E-state index in [0.717, 1.165) is 38.5 Å². The summed E-state index contributed by atoms with van der Waals surface area (Å²) in [5, 5.41) is 12.2. The van der Waals surface area contributed by atoms with Gasteiger partial charge in [0, 0.05) is 6.04 Å². The van der Waals surface area contributed by atoms with Crippen molar-refractivity contribution in [2.24, 2.45) is 17.8 Å². The maximum atomic E-state index is 12.2. The van der Waals surface area contributed by atoms with Crippen LogP contribution in [0.5, 0.6) is 0 Å². The maximum Gasteiger partial charge on any atom is 0.307 e. The molecule has 2 rings (SSSR count). The lowest BCUT2D eigenvalue weighted by Gasteiger charge is -2.28. The molecule has 0 aromatic carbocycles. The van der Waals surface area contributed by atoms with Gasteiger partial charge >= 0.3 is 5.97 Å². The maximum absolute atomic E-state index is 12.2. The van der Waals surface area contributed by atoms with Crippen molar-refractivity contribution in [3.8, 4) is 0 Å². The first-order chi connectivity index (χ1) is 8.58. The molecular formula is C14H23NO3. The molecule has 0 saturated heterocycles. The fraction of sp³-hybridized carbons (Fsp3) is 0.857. The van der Waals surface area contributed by atoms with Crippen molar-refractivity contribution in [3.05, 3.63) is 0 Å². The van der Waals surface area contributed by atoms with Crippen LogP contribution in [0.2, 0.25) is 0 Å². The third kappa shape index (κ3) is 3.03. The van der Waals surface area contributed by atoms with Gasteiger partial charge in [-0.3, -0.25) is 9.59 Å². The standard InChI is InChI=1S/C14H23NO3/c1-9-6-7-10(8-9)15-13(16)11-4-2-3-5-12(11)14(17)18/h9-12H,2-8H2,1H3,(H,15,16)(H,17,18)/t9?,10?,11-,12+/m1/s1. The van der Waals surface area contributed by atoms with Crippen LogP contribution in [0, 0.1) is 17.8 Å². The van der Waals surface area contributed by atoms with Gasteiger partial charge in [-0.05, 0) is 38.0 Å². The summed E-state index contributed by atoms with van der Waals surface area (Å²) in [4.78, 5) is 23.4. The van der Waals surface area contributed by atoms with E-state index >= 15 is 0 Å². The summed E-state index contributed by atoms with van der Waals surface area (Å²) in [6.45, 7) is 2.20. The lowest BCUT2D eigenvalue weighted by molar-refractivity contribution is -0.149. The van der Waals surface area contributed by atoms with E-state index in [9.17, 15) is 14.7 Å². The van der Waals surface area contributed by atoms with Gasteiger partial charge in [-0.15, -0.1) is 0 Å². The monoisotopic (exact) mass is 253 g/mol. The van der Waals surface area contributed by atoms with E-state index < -0.39 is 11.9 Å². The number of carboxylic acids is 1. The summed E-state index contributed by atoms with van der Waals surface area (Å²) in [6, 6.07) is 0.267. The molecular weight excluding hydrogens is 230 g/mol. The topological polar surface area (TPSA) is 66.4 Å². The van der Waals surface area contributed by atoms with E-state index in [1.54, 1.807) is 0 Å². The molecule has 1 amide bonds. The first kappa shape index (κ1) is 13.4. The summed E-state index contributed by atoms with van der Waals surface area (Å²) in [6.07, 6.45) is 6.52. The number of nitrogens with one attached hydrogen (secondary N) is 1. The lowest BCUT2D eigenvalue weighted by Crippen LogP contribution is -2.43. The van der Waals surface area contributed by atoms with Crippen LogP contribution in [0.15, 0.2) is 0 Å². The second-order valence-corrected chi connectivity index (χ2v) is 5.96. The van der Waals surface area contributed by atoms with Crippen LogP contribution >= 0.6 is 0 Å². The molecule has 0 radical (unpaired) electrons. The summed E-state index contributed by atoms with van der Waals surface area (Å²) >= 11 is 0. The predicted molar refractivity (Wildman–Crippen MR) is 68.0 cm³/mol. The Morgan fingerprint density at radius 3 is 2.28 bits per heavy atom. The second-order valence-electron chi connectivity index (χ2n) is 5.96. The van der Waals surface area contributed by atoms with Crippen LogP contribution < -0.4 is 5.32 Å². The zero-order valence-electron chi connectivity index (χ0n) is 11.0. The fourth-order valence-electron chi connectivity index (χ4n) is 3.39. The van der Waals surface area contributed by atoms with Crippen molar-refractivity contribution in [2.75, 3.05) is 0 Å². The van der Waals surface area contributed by atoms with Crippen LogP contribution in [0.4, 0.5) is 0 Å². The second kappa shape index (κ2) is 5.72. The molecule has 0 bridgehead atoms. The van der Waals surface area contributed by atoms with E-state index in [4.69, 9.17) is 0 Å². The number of rotatable bonds is 3. The number of carboxylic acid groups (broad SMARTS) is 1. The summed E-state index contributed by atoms with van der Waals surface area (Å²) < 4.78 is 0. The van der Waals surface area contributed by atoms with Crippen LogP contribution in [0.25, 0.3) is 0 Å². The molecule has 0 spiro atoms. The Morgan fingerprint density at radius 2 is 1.72 bits per heavy atom. The van der Waals surface area contributed by atoms with Crippen LogP contribution in [-0.2, 0) is 9.59 Å². The van der Waals surface area contributed by atoms with Crippen molar-refractivity contribution >= 4 is 11.9 Å². The third-order valence-corrected chi connectivity index (χ3v) is 4.46. The minimum Gasteiger partial charge on any atom is -0.481 e. The number of carbonyl (C=O) groups is 2. The predicted octanol–water partition coefficient (Wildman–Crippen LogP) is 2.18. The minimum atomic E-state index is -0.811. The van der Waals surface area contributed by atoms with Gasteiger partial charge in [0.15, 0.2) is 0 Å². The Balaban J connectivity index is 1.92. The normalized spacial score (nSPS) is 36.3. The smallest absolute Gasteiger partial charge is 0.307 e. The zero-order chi connectivity index (χ0) is 13.1. The summed E-state index contributed by atoms with van der Waals surface area (Å²) in [5.41, 5.74) is 0. The quantitative estimate of drug-likeness (QED) is 0.810. The SMILES string of the molecule is CC1CCC(NC(=O)[C@@H]2CCCC[C@@H]2C(=O)O)C1. The average Bonchev–Trinajstić information content (AvgIpc) is 2.74. The van der Waals surface area contributed by atoms with Crippen molar-refractivity contribution in [3.63, 3.8) is 0 Å². The van der Waals surface area contributed by atoms with Gasteiger partial charge in [-0.25, -0.2) is 0 Å². The molecule has 0 aromatic rings. The first-order valence-electron chi connectivity index (χ1n) is 7.11. The van der Waals surface area contributed by atoms with Crippen molar-refractivity contribution < 1.29 is 14.7 Å². The van der Waals surface area contributed by atoms with E-state index in [0.29, 0.717) is 12.3 Å². The first-order valence-corrected chi connectivity index (χ1v) is 7.11. The number of hydrogen-bond acceptors (Lipinski definition) is 2. The zero-order valence-corrected chi connectivity index (χ0v) is 11.0. The highest BCUT2D eigenvalue weighted by atomic mass is 16.4. The van der Waals surface area contributed by atoms with Crippen LogP contribution in [-0.4, -0.2) is 23.0 Å². The van der Waals surface area contributed by atoms with E-state index in [1.165, 1.54) is 0 Å². The lowest BCUT2D eigenvalue weighted by atomic mass is 9.78. The molecule has 0 aliphatic heterocycles. The number of aliphatic carboxylic acids is 1. The fourth-order valence-corrected chi connectivity index (χ4v) is 3.39. The highest BCUT2D eigenvalue weighted by Gasteiger charge is 2.36. The van der Waals surface area contributed by atoms with Gasteiger partial charge in [-0.2, -0.15) is 0 Å². The van der Waals surface area contributed by atoms with Crippen molar-refractivity contribution in [1.29, 1.82) is 0 Å². The van der Waals surface area contributed by atoms with Crippen LogP contribution in [0.3, 0.4) is 0 Å². The number of amides is 1. The van der Waals surface area contributed by atoms with Gasteiger partial charge in [0.1, 0.15) is 0 Å². The molecule has 0 aromatic heterocycles. The van der Waals surface area contributed by atoms with Gasteiger partial charge < -0.3 is 10.4 Å². The summed E-state index contributed by atoms with van der Waals surface area (Å²) in [7, 11) is 0. The highest BCUT2D eigenvalue weighted by Crippen LogP contribution is 2.31. The molecule has 18 heavy (non-hydrogen) atoms. The third-order valence-electron chi connectivity index (χ3n) is 4.46. The molecule has 102 valence electrons. The Kier molecular flexibility index (Phi) is 4.25. The van der Waals surface area contributed by atoms with E-state index in [1.807, 2.05) is 0 Å². The molecule has 4 heteroatoms. The Hall–Kier alpha value is -1.06. The molecule has 2 aliphatic rings. The van der Waals surface area contributed by atoms with E-state index in [-0.39, 0.29) is 17.9 Å². The summed E-state index contributed by atoms with van der Waals surface area (Å²) in [5.74, 6) is -0.947. The molecule has 2 fully saturated rings.